The number of amides is 2. The highest BCUT2D eigenvalue weighted by atomic mass is 19.1. The summed E-state index contributed by atoms with van der Waals surface area (Å²) >= 11 is 0. The van der Waals surface area contributed by atoms with Crippen LogP contribution in [0.2, 0.25) is 0 Å². The van der Waals surface area contributed by atoms with Crippen molar-refractivity contribution in [1.29, 1.82) is 0 Å². The molecule has 1 aliphatic rings. The normalized spacial score (nSPS) is 19.4. The molecule has 4 N–H and O–H groups in total. The SMILES string of the molecule is NC(=O)[C@H]1CN(CCCCCNC(=O)c2cc(-c3ccc(F)cc3)on2)C[C@@H]1O. The van der Waals surface area contributed by atoms with Gasteiger partial charge in [-0.3, -0.25) is 14.5 Å². The van der Waals surface area contributed by atoms with Gasteiger partial charge in [-0.15, -0.1) is 0 Å². The number of likely N-dealkylation sites (tertiary alicyclic amines) is 1. The Morgan fingerprint density at radius 1 is 1.24 bits per heavy atom. The second-order valence-electron chi connectivity index (χ2n) is 7.24. The maximum Gasteiger partial charge on any atom is 0.273 e. The number of hydrogen-bond donors (Lipinski definition) is 3. The first-order valence-corrected chi connectivity index (χ1v) is 9.64. The summed E-state index contributed by atoms with van der Waals surface area (Å²) in [5.74, 6) is -1.22. The fraction of sp³-hybridized carbons (Fsp3) is 0.450. The second-order valence-corrected chi connectivity index (χ2v) is 7.24. The summed E-state index contributed by atoms with van der Waals surface area (Å²) in [5.41, 5.74) is 6.09. The number of unbranched alkanes of at least 4 members (excludes halogenated alkanes) is 2. The molecule has 0 bridgehead atoms. The van der Waals surface area contributed by atoms with Crippen molar-refractivity contribution >= 4 is 11.8 Å². The van der Waals surface area contributed by atoms with E-state index in [0.29, 0.717) is 31.0 Å². The molecule has 2 aromatic rings. The Bertz CT molecular complexity index is 839. The third-order valence-electron chi connectivity index (χ3n) is 5.04. The average Bonchev–Trinajstić information content (AvgIpc) is 3.32. The number of aromatic nitrogens is 1. The van der Waals surface area contributed by atoms with Gasteiger partial charge in [0.2, 0.25) is 5.91 Å². The number of β-amino-alcohol motifs (C(OH)–C–C–N with tert-alkyl or cyclic N) is 1. The lowest BCUT2D eigenvalue weighted by Gasteiger charge is -2.14. The first-order chi connectivity index (χ1) is 13.9. The molecule has 1 fully saturated rings. The lowest BCUT2D eigenvalue weighted by Crippen LogP contribution is -2.32. The van der Waals surface area contributed by atoms with Gasteiger partial charge in [0, 0.05) is 31.3 Å². The minimum atomic E-state index is -0.686. The topological polar surface area (TPSA) is 122 Å². The fourth-order valence-electron chi connectivity index (χ4n) is 3.39. The highest BCUT2D eigenvalue weighted by Gasteiger charge is 2.34. The molecule has 29 heavy (non-hydrogen) atoms. The minimum Gasteiger partial charge on any atom is -0.391 e. The summed E-state index contributed by atoms with van der Waals surface area (Å²) in [6.45, 7) is 2.24. The number of carbonyl (C=O) groups is 2. The van der Waals surface area contributed by atoms with Gasteiger partial charge >= 0.3 is 0 Å². The van der Waals surface area contributed by atoms with Crippen LogP contribution in [0.5, 0.6) is 0 Å². The number of aliphatic hydroxyl groups excluding tert-OH is 1. The third kappa shape index (κ3) is 5.61. The number of nitrogens with one attached hydrogen (secondary N) is 1. The number of hydrogen-bond acceptors (Lipinski definition) is 6. The molecule has 156 valence electrons. The smallest absolute Gasteiger partial charge is 0.273 e. The lowest BCUT2D eigenvalue weighted by atomic mass is 10.1. The molecular weight excluding hydrogens is 379 g/mol. The van der Waals surface area contributed by atoms with Gasteiger partial charge in [0.05, 0.1) is 12.0 Å². The summed E-state index contributed by atoms with van der Waals surface area (Å²) in [6, 6.07) is 7.27. The van der Waals surface area contributed by atoms with Crippen LogP contribution in [0, 0.1) is 11.7 Å². The van der Waals surface area contributed by atoms with Gasteiger partial charge in [-0.2, -0.15) is 0 Å². The van der Waals surface area contributed by atoms with E-state index in [-0.39, 0.29) is 17.4 Å². The zero-order valence-corrected chi connectivity index (χ0v) is 16.0. The number of nitrogens with two attached hydrogens (primary N) is 1. The van der Waals surface area contributed by atoms with Gasteiger partial charge in [0.1, 0.15) is 5.82 Å². The van der Waals surface area contributed by atoms with Crippen molar-refractivity contribution in [2.45, 2.75) is 25.4 Å². The van der Waals surface area contributed by atoms with Crippen LogP contribution in [0.25, 0.3) is 11.3 Å². The maximum absolute atomic E-state index is 13.0. The number of primary amides is 1. The highest BCUT2D eigenvalue weighted by Crippen LogP contribution is 2.20. The first-order valence-electron chi connectivity index (χ1n) is 9.64. The molecule has 1 aromatic heterocycles. The molecule has 0 unspecified atom stereocenters. The molecule has 9 heteroatoms. The summed E-state index contributed by atoms with van der Waals surface area (Å²) < 4.78 is 18.1. The van der Waals surface area contributed by atoms with Crippen molar-refractivity contribution in [3.63, 3.8) is 0 Å². The van der Waals surface area contributed by atoms with Crippen LogP contribution in [0.3, 0.4) is 0 Å². The zero-order chi connectivity index (χ0) is 20.8. The van der Waals surface area contributed by atoms with Crippen molar-refractivity contribution in [3.05, 3.63) is 41.8 Å². The summed E-state index contributed by atoms with van der Waals surface area (Å²) in [6.07, 6.45) is 1.90. The predicted molar refractivity (Wildman–Crippen MR) is 103 cm³/mol. The molecule has 1 aromatic carbocycles. The minimum absolute atomic E-state index is 0.174. The largest absolute Gasteiger partial charge is 0.391 e. The van der Waals surface area contributed by atoms with Crippen LogP contribution >= 0.6 is 0 Å². The Labute approximate surface area is 167 Å². The van der Waals surface area contributed by atoms with Gasteiger partial charge in [-0.05, 0) is 43.7 Å². The van der Waals surface area contributed by atoms with E-state index in [2.05, 4.69) is 10.5 Å². The van der Waals surface area contributed by atoms with E-state index < -0.39 is 17.9 Å². The number of nitrogens with zero attached hydrogens (tertiary/aromatic N) is 2. The lowest BCUT2D eigenvalue weighted by molar-refractivity contribution is -0.123. The molecule has 0 spiro atoms. The van der Waals surface area contributed by atoms with Gasteiger partial charge in [0.25, 0.3) is 5.91 Å². The number of benzene rings is 1. The number of aliphatic hydroxyl groups is 1. The Morgan fingerprint density at radius 3 is 2.69 bits per heavy atom. The van der Waals surface area contributed by atoms with E-state index in [4.69, 9.17) is 10.3 Å². The summed E-state index contributed by atoms with van der Waals surface area (Å²) in [7, 11) is 0. The fourth-order valence-corrected chi connectivity index (χ4v) is 3.39. The monoisotopic (exact) mass is 404 g/mol. The van der Waals surface area contributed by atoms with Crippen molar-refractivity contribution in [3.8, 4) is 11.3 Å². The number of halogens is 1. The zero-order valence-electron chi connectivity index (χ0n) is 16.0. The Kier molecular flexibility index (Phi) is 6.95. The van der Waals surface area contributed by atoms with Crippen molar-refractivity contribution in [1.82, 2.24) is 15.4 Å². The molecule has 1 aliphatic heterocycles. The molecule has 2 atom stereocenters. The second kappa shape index (κ2) is 9.62. The van der Waals surface area contributed by atoms with E-state index in [1.807, 2.05) is 4.90 Å². The van der Waals surface area contributed by atoms with Crippen LogP contribution in [0.4, 0.5) is 4.39 Å². The van der Waals surface area contributed by atoms with Crippen LogP contribution in [-0.2, 0) is 4.79 Å². The number of rotatable bonds is 9. The molecule has 2 heterocycles. The Balaban J connectivity index is 1.33. The maximum atomic E-state index is 13.0. The van der Waals surface area contributed by atoms with E-state index in [1.54, 1.807) is 12.1 Å². The average molecular weight is 404 g/mol. The molecule has 0 radical (unpaired) electrons. The molecule has 3 rings (SSSR count). The Hall–Kier alpha value is -2.78. The van der Waals surface area contributed by atoms with E-state index in [0.717, 1.165) is 25.8 Å². The Morgan fingerprint density at radius 2 is 2.00 bits per heavy atom. The molecule has 8 nitrogen and oxygen atoms in total. The predicted octanol–water partition coefficient (Wildman–Crippen LogP) is 1.16. The van der Waals surface area contributed by atoms with Gasteiger partial charge in [-0.25, -0.2) is 4.39 Å². The van der Waals surface area contributed by atoms with Crippen LogP contribution in [-0.4, -0.2) is 59.3 Å². The first kappa shape index (κ1) is 20.9. The van der Waals surface area contributed by atoms with E-state index >= 15 is 0 Å². The van der Waals surface area contributed by atoms with Crippen LogP contribution in [0.1, 0.15) is 29.8 Å². The van der Waals surface area contributed by atoms with Crippen molar-refractivity contribution in [2.75, 3.05) is 26.2 Å². The summed E-state index contributed by atoms with van der Waals surface area (Å²) in [5, 5.41) is 16.4. The summed E-state index contributed by atoms with van der Waals surface area (Å²) in [4.78, 5) is 25.4. The van der Waals surface area contributed by atoms with Crippen LogP contribution < -0.4 is 11.1 Å². The highest BCUT2D eigenvalue weighted by molar-refractivity contribution is 5.93. The molecule has 1 saturated heterocycles. The van der Waals surface area contributed by atoms with Gasteiger partial charge in [0.15, 0.2) is 11.5 Å². The molecular formula is C20H25FN4O4. The van der Waals surface area contributed by atoms with Gasteiger partial charge in [-0.1, -0.05) is 11.6 Å². The van der Waals surface area contributed by atoms with Crippen LogP contribution in [0.15, 0.2) is 34.9 Å². The molecule has 2 amide bonds. The number of carbonyl (C=O) groups excluding carboxylic acids is 2. The van der Waals surface area contributed by atoms with E-state index in [1.165, 1.54) is 18.2 Å². The van der Waals surface area contributed by atoms with Crippen molar-refractivity contribution in [2.24, 2.45) is 11.7 Å². The van der Waals surface area contributed by atoms with Gasteiger partial charge < -0.3 is 20.7 Å². The standard InChI is InChI=1S/C20H25FN4O4/c21-14-6-4-13(5-7-14)18-10-16(24-29-18)20(28)23-8-2-1-3-9-25-11-15(19(22)27)17(26)12-25/h4-7,10,15,17,26H,1-3,8-9,11-12H2,(H2,22,27)(H,23,28)/t15-,17-/m0/s1. The quantitative estimate of drug-likeness (QED) is 0.539. The third-order valence-corrected chi connectivity index (χ3v) is 5.04. The van der Waals surface area contributed by atoms with E-state index in [9.17, 15) is 19.1 Å². The molecule has 0 saturated carbocycles. The molecule has 0 aliphatic carbocycles. The van der Waals surface area contributed by atoms with Crippen molar-refractivity contribution < 1.29 is 23.6 Å².